The Bertz CT molecular complexity index is 2340. The zero-order valence-corrected chi connectivity index (χ0v) is 33.7. The fourth-order valence-electron chi connectivity index (χ4n) is 6.76. The van der Waals surface area contributed by atoms with Crippen LogP contribution in [-0.2, 0) is 11.8 Å². The van der Waals surface area contributed by atoms with E-state index in [1.807, 2.05) is 97.4 Å². The van der Waals surface area contributed by atoms with E-state index in [2.05, 4.69) is 22.7 Å². The van der Waals surface area contributed by atoms with Crippen molar-refractivity contribution in [2.45, 2.75) is 58.4 Å². The van der Waals surface area contributed by atoms with Crippen LogP contribution in [-0.4, -0.2) is 50.5 Å². The van der Waals surface area contributed by atoms with Gasteiger partial charge >= 0.3 is 5.97 Å². The maximum atomic E-state index is 14.8. The average Bonchev–Trinajstić information content (AvgIpc) is 3.85. The smallest absolute Gasteiger partial charge is 0.338 e. The van der Waals surface area contributed by atoms with Crippen LogP contribution in [0.3, 0.4) is 0 Å². The Morgan fingerprint density at radius 1 is 0.828 bits per heavy atom. The van der Waals surface area contributed by atoms with Crippen LogP contribution in [0.25, 0.3) is 22.5 Å². The molecule has 3 N–H and O–H groups in total. The van der Waals surface area contributed by atoms with E-state index in [0.717, 1.165) is 46.1 Å². The highest BCUT2D eigenvalue weighted by Gasteiger charge is 2.35. The molecule has 0 bridgehead atoms. The summed E-state index contributed by atoms with van der Waals surface area (Å²) < 4.78 is 15.2. The lowest BCUT2D eigenvalue weighted by Gasteiger charge is -2.19. The van der Waals surface area contributed by atoms with Gasteiger partial charge in [-0.3, -0.25) is 14.3 Å². The van der Waals surface area contributed by atoms with Gasteiger partial charge in [0.15, 0.2) is 30.1 Å². The fourth-order valence-corrected chi connectivity index (χ4v) is 6.92. The first-order chi connectivity index (χ1) is 28.1. The van der Waals surface area contributed by atoms with Gasteiger partial charge in [-0.05, 0) is 66.4 Å². The lowest BCUT2D eigenvalue weighted by atomic mass is 9.99. The number of Topliss-reactive ketones (excluding diaryl/α,β-unsaturated/α-hetero) is 1. The van der Waals surface area contributed by atoms with Gasteiger partial charge < -0.3 is 29.8 Å². The van der Waals surface area contributed by atoms with Crippen LogP contribution in [0.15, 0.2) is 116 Å². The fraction of sp³-hybridized carbons (Fsp3) is 0.261. The summed E-state index contributed by atoms with van der Waals surface area (Å²) >= 11 is 6.62. The molecule has 2 heterocycles. The summed E-state index contributed by atoms with van der Waals surface area (Å²) in [4.78, 5) is 41.1. The van der Waals surface area contributed by atoms with Crippen LogP contribution >= 0.6 is 11.6 Å². The van der Waals surface area contributed by atoms with E-state index >= 15 is 0 Å². The third-order valence-corrected chi connectivity index (χ3v) is 10.1. The van der Waals surface area contributed by atoms with E-state index in [1.54, 1.807) is 24.3 Å². The van der Waals surface area contributed by atoms with Crippen molar-refractivity contribution in [3.8, 4) is 34.0 Å². The molecule has 0 aliphatic rings. The van der Waals surface area contributed by atoms with Crippen molar-refractivity contribution in [1.29, 1.82) is 0 Å². The number of ketones is 1. The quantitative estimate of drug-likeness (QED) is 0.0300. The molecular formula is C46H48ClN5O6. The second-order valence-corrected chi connectivity index (χ2v) is 14.5. The number of hydrogen-bond donors (Lipinski definition) is 3. The SMILES string of the molecule is CCCCCCCCOc1ccc(C)cc1OCNc1ccc(Cl)c(NC(=O)C(C(=O)c2cc(-c3ccccc3)n(C)c2-c2ccccc2)n2cc(C(=O)O)cn2)c1. The molecule has 0 aliphatic carbocycles. The number of carboxylic acid groups (broad SMARTS) is 1. The highest BCUT2D eigenvalue weighted by atomic mass is 35.5. The normalized spacial score (nSPS) is 11.5. The number of halogens is 1. The van der Waals surface area contributed by atoms with Gasteiger partial charge in [-0.15, -0.1) is 0 Å². The van der Waals surface area contributed by atoms with Gasteiger partial charge in [0.05, 0.1) is 34.8 Å². The van der Waals surface area contributed by atoms with Crippen molar-refractivity contribution in [2.75, 3.05) is 24.0 Å². The predicted octanol–water partition coefficient (Wildman–Crippen LogP) is 10.5. The molecule has 6 aromatic rings. The van der Waals surface area contributed by atoms with Crippen LogP contribution in [0.5, 0.6) is 11.5 Å². The maximum Gasteiger partial charge on any atom is 0.338 e. The number of nitrogens with one attached hydrogen (secondary N) is 2. The van der Waals surface area contributed by atoms with Gasteiger partial charge in [-0.2, -0.15) is 5.10 Å². The number of benzene rings is 4. The third kappa shape index (κ3) is 10.1. The number of nitrogens with zero attached hydrogens (tertiary/aromatic N) is 3. The van der Waals surface area contributed by atoms with Crippen molar-refractivity contribution in [3.05, 3.63) is 137 Å². The number of carbonyl (C=O) groups excluding carboxylic acids is 2. The van der Waals surface area contributed by atoms with E-state index in [0.29, 0.717) is 29.5 Å². The summed E-state index contributed by atoms with van der Waals surface area (Å²) in [5, 5.41) is 20.1. The molecule has 1 unspecified atom stereocenters. The summed E-state index contributed by atoms with van der Waals surface area (Å²) in [6.07, 6.45) is 9.27. The minimum atomic E-state index is -1.60. The topological polar surface area (TPSA) is 137 Å². The van der Waals surface area contributed by atoms with E-state index in [4.69, 9.17) is 21.1 Å². The number of carbonyl (C=O) groups is 3. The van der Waals surface area contributed by atoms with Gasteiger partial charge in [0.25, 0.3) is 5.91 Å². The molecule has 0 radical (unpaired) electrons. The van der Waals surface area contributed by atoms with Crippen molar-refractivity contribution in [3.63, 3.8) is 0 Å². The molecule has 0 aliphatic heterocycles. The number of aryl methyl sites for hydroxylation is 1. The Balaban J connectivity index is 1.23. The van der Waals surface area contributed by atoms with Crippen LogP contribution in [0, 0.1) is 6.92 Å². The molecule has 300 valence electrons. The largest absolute Gasteiger partial charge is 0.490 e. The minimum absolute atomic E-state index is 0.0816. The van der Waals surface area contributed by atoms with E-state index < -0.39 is 23.7 Å². The second kappa shape index (κ2) is 19.7. The van der Waals surface area contributed by atoms with Gasteiger partial charge in [-0.1, -0.05) is 117 Å². The van der Waals surface area contributed by atoms with Crippen LogP contribution in [0.4, 0.5) is 11.4 Å². The molecule has 0 saturated heterocycles. The van der Waals surface area contributed by atoms with Crippen molar-refractivity contribution < 1.29 is 29.0 Å². The molecular weight excluding hydrogens is 754 g/mol. The first kappa shape index (κ1) is 41.3. The number of anilines is 2. The molecule has 2 aromatic heterocycles. The lowest BCUT2D eigenvalue weighted by Crippen LogP contribution is -2.33. The number of unbranched alkanes of at least 4 members (excludes halogenated alkanes) is 5. The Hall–Kier alpha value is -6.33. The van der Waals surface area contributed by atoms with Gasteiger partial charge in [0.1, 0.15) is 0 Å². The summed E-state index contributed by atoms with van der Waals surface area (Å²) in [5.74, 6) is -1.35. The molecule has 4 aromatic carbocycles. The minimum Gasteiger partial charge on any atom is -0.490 e. The molecule has 0 fully saturated rings. The van der Waals surface area contributed by atoms with Crippen molar-refractivity contribution in [1.82, 2.24) is 14.3 Å². The number of rotatable bonds is 20. The zero-order valence-electron chi connectivity index (χ0n) is 32.9. The van der Waals surface area contributed by atoms with Gasteiger partial charge in [0, 0.05) is 30.2 Å². The first-order valence-corrected chi connectivity index (χ1v) is 19.8. The number of hydrogen-bond acceptors (Lipinski definition) is 7. The van der Waals surface area contributed by atoms with E-state index in [1.165, 1.54) is 31.9 Å². The Kier molecular flexibility index (Phi) is 14.0. The lowest BCUT2D eigenvalue weighted by molar-refractivity contribution is -0.118. The summed E-state index contributed by atoms with van der Waals surface area (Å²) in [6, 6.07) is 29.9. The summed E-state index contributed by atoms with van der Waals surface area (Å²) in [5.41, 5.74) is 4.87. The maximum absolute atomic E-state index is 14.8. The molecule has 58 heavy (non-hydrogen) atoms. The number of aromatic nitrogens is 3. The molecule has 11 nitrogen and oxygen atoms in total. The van der Waals surface area contributed by atoms with E-state index in [9.17, 15) is 19.5 Å². The predicted molar refractivity (Wildman–Crippen MR) is 228 cm³/mol. The summed E-state index contributed by atoms with van der Waals surface area (Å²) in [6.45, 7) is 4.88. The number of ether oxygens (including phenoxy) is 2. The Morgan fingerprint density at radius 2 is 1.53 bits per heavy atom. The van der Waals surface area contributed by atoms with Crippen molar-refractivity contribution in [2.24, 2.45) is 7.05 Å². The highest BCUT2D eigenvalue weighted by molar-refractivity contribution is 6.34. The molecule has 1 atom stereocenters. The summed E-state index contributed by atoms with van der Waals surface area (Å²) in [7, 11) is 1.86. The molecule has 12 heteroatoms. The molecule has 0 spiro atoms. The van der Waals surface area contributed by atoms with Gasteiger partial charge in [-0.25, -0.2) is 4.79 Å². The standard InChI is InChI=1S/C46H48ClN5O6/c1-4-5-6-7-8-15-24-57-40-23-20-31(2)25-41(40)58-30-48-35-21-22-37(47)38(26-35)50-45(54)43(52-29-34(28-49-52)46(55)56)44(53)36-27-39(32-16-11-9-12-17-32)51(3)42(36)33-18-13-10-14-19-33/h9-14,16-23,25-29,43,48H,4-8,15,24,30H2,1-3H3,(H,50,54)(H,55,56). The van der Waals surface area contributed by atoms with Crippen LogP contribution in [0.2, 0.25) is 5.02 Å². The Morgan fingerprint density at radius 3 is 2.24 bits per heavy atom. The van der Waals surface area contributed by atoms with E-state index in [-0.39, 0.29) is 28.6 Å². The average molecular weight is 802 g/mol. The molecule has 0 saturated carbocycles. The highest BCUT2D eigenvalue weighted by Crippen LogP contribution is 2.35. The monoisotopic (exact) mass is 801 g/mol. The number of aromatic carboxylic acids is 1. The number of carboxylic acids is 1. The molecule has 6 rings (SSSR count). The van der Waals surface area contributed by atoms with Crippen LogP contribution < -0.4 is 20.1 Å². The van der Waals surface area contributed by atoms with Crippen molar-refractivity contribution >= 4 is 40.6 Å². The third-order valence-electron chi connectivity index (χ3n) is 9.81. The first-order valence-electron chi connectivity index (χ1n) is 19.5. The van der Waals surface area contributed by atoms with Crippen LogP contribution in [0.1, 0.15) is 77.8 Å². The Labute approximate surface area is 343 Å². The van der Waals surface area contributed by atoms with Gasteiger partial charge in [0.2, 0.25) is 0 Å². The zero-order chi connectivity index (χ0) is 41.0. The number of amides is 1. The molecule has 1 amide bonds. The second-order valence-electron chi connectivity index (χ2n) is 14.1.